The number of aromatic nitrogens is 2. The second-order valence-corrected chi connectivity index (χ2v) is 5.53. The Balaban J connectivity index is 1.98. The smallest absolute Gasteiger partial charge is 0.225 e. The van der Waals surface area contributed by atoms with Crippen LogP contribution >= 0.6 is 23.2 Å². The van der Waals surface area contributed by atoms with E-state index in [-0.39, 0.29) is 0 Å². The summed E-state index contributed by atoms with van der Waals surface area (Å²) in [6.07, 6.45) is 5.68. The van der Waals surface area contributed by atoms with Crippen LogP contribution in [-0.2, 0) is 12.8 Å². The van der Waals surface area contributed by atoms with Crippen molar-refractivity contribution < 1.29 is 4.74 Å². The first-order valence-corrected chi connectivity index (χ1v) is 7.16. The number of nitrogens with two attached hydrogens (primary N) is 1. The molecule has 1 aliphatic rings. The molecule has 0 spiro atoms. The zero-order chi connectivity index (χ0) is 14.1. The van der Waals surface area contributed by atoms with Gasteiger partial charge in [0.25, 0.3) is 0 Å². The second kappa shape index (κ2) is 5.46. The number of hydrogen-bond acceptors (Lipinski definition) is 4. The Morgan fingerprint density at radius 1 is 1.05 bits per heavy atom. The molecule has 2 aromatic rings. The molecule has 1 aliphatic carbocycles. The van der Waals surface area contributed by atoms with E-state index in [1.165, 1.54) is 6.33 Å². The van der Waals surface area contributed by atoms with Crippen LogP contribution < -0.4 is 10.5 Å². The molecule has 2 N–H and O–H groups in total. The van der Waals surface area contributed by atoms with Gasteiger partial charge in [-0.2, -0.15) is 0 Å². The van der Waals surface area contributed by atoms with Crippen LogP contribution in [0.2, 0.25) is 10.0 Å². The summed E-state index contributed by atoms with van der Waals surface area (Å²) in [6, 6.07) is 3.18. The van der Waals surface area contributed by atoms with E-state index in [0.29, 0.717) is 27.4 Å². The Morgan fingerprint density at radius 3 is 2.65 bits per heavy atom. The number of aryl methyl sites for hydroxylation is 1. The third-order valence-corrected chi connectivity index (χ3v) is 4.07. The van der Waals surface area contributed by atoms with Crippen molar-refractivity contribution in [3.05, 3.63) is 39.8 Å². The van der Waals surface area contributed by atoms with Crippen LogP contribution in [0, 0.1) is 0 Å². The molecule has 0 radical (unpaired) electrons. The first-order chi connectivity index (χ1) is 9.65. The largest absolute Gasteiger partial charge is 0.436 e. The molecule has 104 valence electrons. The van der Waals surface area contributed by atoms with Crippen LogP contribution in [0.25, 0.3) is 0 Å². The number of nitrogen functional groups attached to an aromatic ring is 1. The van der Waals surface area contributed by atoms with Gasteiger partial charge in [0.2, 0.25) is 5.88 Å². The van der Waals surface area contributed by atoms with Crippen LogP contribution in [0.1, 0.15) is 24.1 Å². The summed E-state index contributed by atoms with van der Waals surface area (Å²) < 4.78 is 5.82. The minimum atomic E-state index is 0.402. The van der Waals surface area contributed by atoms with Crippen LogP contribution in [0.4, 0.5) is 5.69 Å². The highest BCUT2D eigenvalue weighted by atomic mass is 35.5. The highest BCUT2D eigenvalue weighted by Crippen LogP contribution is 2.36. The normalized spacial score (nSPS) is 13.9. The minimum absolute atomic E-state index is 0.402. The van der Waals surface area contributed by atoms with Gasteiger partial charge in [0.05, 0.1) is 21.4 Å². The van der Waals surface area contributed by atoms with Crippen LogP contribution in [0.15, 0.2) is 18.5 Å². The summed E-state index contributed by atoms with van der Waals surface area (Å²) in [4.78, 5) is 8.52. The fourth-order valence-electron chi connectivity index (χ4n) is 2.32. The van der Waals surface area contributed by atoms with E-state index in [4.69, 9.17) is 33.7 Å². The molecule has 0 saturated heterocycles. The fourth-order valence-corrected chi connectivity index (χ4v) is 2.64. The molecule has 1 aromatic heterocycles. The van der Waals surface area contributed by atoms with Crippen molar-refractivity contribution in [2.45, 2.75) is 25.7 Å². The molecule has 4 nitrogen and oxygen atoms in total. The van der Waals surface area contributed by atoms with Crippen molar-refractivity contribution in [2.75, 3.05) is 5.73 Å². The molecular formula is C14H13Cl2N3O. The highest BCUT2D eigenvalue weighted by molar-refractivity contribution is 6.42. The fraction of sp³-hybridized carbons (Fsp3) is 0.286. The van der Waals surface area contributed by atoms with Crippen molar-refractivity contribution in [1.29, 1.82) is 0 Å². The van der Waals surface area contributed by atoms with E-state index in [0.717, 1.165) is 36.9 Å². The number of benzene rings is 1. The lowest BCUT2D eigenvalue weighted by Gasteiger charge is -2.17. The van der Waals surface area contributed by atoms with E-state index in [1.807, 2.05) is 0 Å². The molecule has 0 bridgehead atoms. The first-order valence-electron chi connectivity index (χ1n) is 6.40. The third-order valence-electron chi connectivity index (χ3n) is 3.34. The van der Waals surface area contributed by atoms with Gasteiger partial charge in [0, 0.05) is 11.6 Å². The van der Waals surface area contributed by atoms with Crippen molar-refractivity contribution in [3.63, 3.8) is 0 Å². The molecule has 0 aliphatic heterocycles. The maximum Gasteiger partial charge on any atom is 0.225 e. The third kappa shape index (κ3) is 2.53. The van der Waals surface area contributed by atoms with Gasteiger partial charge in [-0.1, -0.05) is 23.2 Å². The van der Waals surface area contributed by atoms with Gasteiger partial charge in [-0.15, -0.1) is 0 Å². The van der Waals surface area contributed by atoms with Crippen molar-refractivity contribution in [3.8, 4) is 11.6 Å². The van der Waals surface area contributed by atoms with E-state index in [9.17, 15) is 0 Å². The topological polar surface area (TPSA) is 61.0 Å². The molecule has 0 fully saturated rings. The number of halogens is 2. The lowest BCUT2D eigenvalue weighted by molar-refractivity contribution is 0.449. The van der Waals surface area contributed by atoms with Gasteiger partial charge < -0.3 is 10.5 Å². The highest BCUT2D eigenvalue weighted by Gasteiger charge is 2.18. The van der Waals surface area contributed by atoms with E-state index >= 15 is 0 Å². The lowest BCUT2D eigenvalue weighted by atomic mass is 9.97. The standard InChI is InChI=1S/C14H13Cl2N3O/c15-9-5-11(17)13(6-10(9)16)20-14-8-3-1-2-4-12(8)18-7-19-14/h5-7H,1-4,17H2. The molecule has 0 saturated carbocycles. The number of hydrogen-bond donors (Lipinski definition) is 1. The predicted molar refractivity (Wildman–Crippen MR) is 79.6 cm³/mol. The molecule has 1 heterocycles. The second-order valence-electron chi connectivity index (χ2n) is 4.72. The average Bonchev–Trinajstić information content (AvgIpc) is 2.45. The van der Waals surface area contributed by atoms with Gasteiger partial charge in [0.1, 0.15) is 6.33 Å². The summed E-state index contributed by atoms with van der Waals surface area (Å²) in [5, 5.41) is 0.806. The number of anilines is 1. The van der Waals surface area contributed by atoms with Gasteiger partial charge >= 0.3 is 0 Å². The predicted octanol–water partition coefficient (Wildman–Crippen LogP) is 4.04. The van der Waals surface area contributed by atoms with Gasteiger partial charge in [-0.05, 0) is 31.7 Å². The van der Waals surface area contributed by atoms with Crippen LogP contribution in [0.3, 0.4) is 0 Å². The van der Waals surface area contributed by atoms with E-state index in [2.05, 4.69) is 9.97 Å². The Labute approximate surface area is 126 Å². The molecular weight excluding hydrogens is 297 g/mol. The molecule has 6 heteroatoms. The molecule has 0 atom stereocenters. The maximum atomic E-state index is 6.00. The summed E-state index contributed by atoms with van der Waals surface area (Å²) in [5.74, 6) is 1.02. The zero-order valence-corrected chi connectivity index (χ0v) is 12.2. The lowest BCUT2D eigenvalue weighted by Crippen LogP contribution is -2.08. The number of ether oxygens (including phenoxy) is 1. The van der Waals surface area contributed by atoms with Crippen molar-refractivity contribution >= 4 is 28.9 Å². The van der Waals surface area contributed by atoms with Gasteiger partial charge in [0.15, 0.2) is 5.75 Å². The molecule has 0 amide bonds. The minimum Gasteiger partial charge on any atom is -0.436 e. The summed E-state index contributed by atoms with van der Waals surface area (Å²) in [5.41, 5.74) is 8.45. The summed E-state index contributed by atoms with van der Waals surface area (Å²) in [6.45, 7) is 0. The SMILES string of the molecule is Nc1cc(Cl)c(Cl)cc1Oc1ncnc2c1CCCC2. The monoisotopic (exact) mass is 309 g/mol. The molecule has 20 heavy (non-hydrogen) atoms. The van der Waals surface area contributed by atoms with E-state index < -0.39 is 0 Å². The van der Waals surface area contributed by atoms with E-state index in [1.54, 1.807) is 12.1 Å². The van der Waals surface area contributed by atoms with Crippen molar-refractivity contribution in [2.24, 2.45) is 0 Å². The van der Waals surface area contributed by atoms with Crippen LogP contribution in [-0.4, -0.2) is 9.97 Å². The van der Waals surface area contributed by atoms with Gasteiger partial charge in [-0.25, -0.2) is 9.97 Å². The Bertz CT molecular complexity index is 661. The first kappa shape index (κ1) is 13.5. The zero-order valence-electron chi connectivity index (χ0n) is 10.7. The molecule has 0 unspecified atom stereocenters. The Morgan fingerprint density at radius 2 is 1.80 bits per heavy atom. The number of nitrogens with zero attached hydrogens (tertiary/aromatic N) is 2. The van der Waals surface area contributed by atoms with Gasteiger partial charge in [-0.3, -0.25) is 0 Å². The average molecular weight is 310 g/mol. The number of rotatable bonds is 2. The quantitative estimate of drug-likeness (QED) is 0.851. The maximum absolute atomic E-state index is 6.00. The Hall–Kier alpha value is -1.52. The molecule has 1 aromatic carbocycles. The number of fused-ring (bicyclic) bond motifs is 1. The Kier molecular flexibility index (Phi) is 3.68. The summed E-state index contributed by atoms with van der Waals surface area (Å²) in [7, 11) is 0. The van der Waals surface area contributed by atoms with Crippen molar-refractivity contribution in [1.82, 2.24) is 9.97 Å². The molecule has 3 rings (SSSR count). The van der Waals surface area contributed by atoms with Crippen LogP contribution in [0.5, 0.6) is 11.6 Å². The summed E-state index contributed by atoms with van der Waals surface area (Å²) >= 11 is 11.9.